The van der Waals surface area contributed by atoms with Gasteiger partial charge in [0.25, 0.3) is 0 Å². The van der Waals surface area contributed by atoms with E-state index in [1.54, 1.807) is 0 Å². The highest BCUT2D eigenvalue weighted by molar-refractivity contribution is 5.34. The Bertz CT molecular complexity index is 418. The van der Waals surface area contributed by atoms with Gasteiger partial charge in [-0.15, -0.1) is 0 Å². The van der Waals surface area contributed by atoms with Crippen molar-refractivity contribution in [2.24, 2.45) is 17.3 Å². The van der Waals surface area contributed by atoms with Crippen LogP contribution >= 0.6 is 0 Å². The second kappa shape index (κ2) is 4.29. The van der Waals surface area contributed by atoms with Crippen molar-refractivity contribution in [3.05, 3.63) is 11.1 Å². The Kier molecular flexibility index (Phi) is 3.06. The first-order valence-electron chi connectivity index (χ1n) is 7.27. The molecule has 7 atom stereocenters. The minimum atomic E-state index is -0.806. The molecule has 1 aliphatic heterocycles. The number of rotatable bonds is 0. The van der Waals surface area contributed by atoms with Gasteiger partial charge in [0.15, 0.2) is 6.29 Å². The lowest BCUT2D eigenvalue weighted by Gasteiger charge is -2.59. The van der Waals surface area contributed by atoms with Gasteiger partial charge < -0.3 is 20.1 Å². The van der Waals surface area contributed by atoms with E-state index < -0.39 is 18.5 Å². The minimum absolute atomic E-state index is 0.00690. The Labute approximate surface area is 114 Å². The fraction of sp³-hybridized carbons (Fsp3) is 0.867. The van der Waals surface area contributed by atoms with Crippen LogP contribution in [0.3, 0.4) is 0 Å². The van der Waals surface area contributed by atoms with Gasteiger partial charge in [0.2, 0.25) is 0 Å². The summed E-state index contributed by atoms with van der Waals surface area (Å²) < 4.78 is 5.74. The maximum atomic E-state index is 10.5. The number of hydrogen-bond acceptors (Lipinski definition) is 4. The Balaban J connectivity index is 2.15. The molecule has 3 N–H and O–H groups in total. The van der Waals surface area contributed by atoms with Crippen molar-refractivity contribution >= 4 is 0 Å². The van der Waals surface area contributed by atoms with Crippen LogP contribution in [-0.2, 0) is 4.74 Å². The van der Waals surface area contributed by atoms with E-state index in [2.05, 4.69) is 13.8 Å². The van der Waals surface area contributed by atoms with E-state index in [-0.39, 0.29) is 17.4 Å². The third-order valence-corrected chi connectivity index (χ3v) is 5.82. The molecule has 4 heteroatoms. The minimum Gasteiger partial charge on any atom is -0.390 e. The highest BCUT2D eigenvalue weighted by atomic mass is 16.6. The van der Waals surface area contributed by atoms with Crippen LogP contribution < -0.4 is 0 Å². The normalized spacial score (nSPS) is 54.0. The molecular weight excluding hydrogens is 244 g/mol. The summed E-state index contributed by atoms with van der Waals surface area (Å²) in [5.74, 6) is 0.361. The fourth-order valence-electron chi connectivity index (χ4n) is 4.84. The van der Waals surface area contributed by atoms with Crippen molar-refractivity contribution in [1.29, 1.82) is 0 Å². The zero-order chi connectivity index (χ0) is 13.9. The Morgan fingerprint density at radius 1 is 1.21 bits per heavy atom. The van der Waals surface area contributed by atoms with Gasteiger partial charge in [-0.25, -0.2) is 0 Å². The quantitative estimate of drug-likeness (QED) is 0.577. The summed E-state index contributed by atoms with van der Waals surface area (Å²) in [6.07, 6.45) is -0.0428. The molecule has 1 unspecified atom stereocenters. The SMILES string of the molecule is CC1=C2CC(O)O[C@H]3CC[C@@H](C)[C@H]([C@H](O)[C@@H]1O)[C@@]23C. The molecule has 0 amide bonds. The molecule has 1 saturated carbocycles. The Morgan fingerprint density at radius 2 is 1.89 bits per heavy atom. The lowest BCUT2D eigenvalue weighted by Crippen LogP contribution is -2.61. The molecule has 2 aliphatic carbocycles. The molecule has 0 aromatic heterocycles. The molecule has 0 aromatic carbocycles. The zero-order valence-electron chi connectivity index (χ0n) is 11.8. The molecule has 0 radical (unpaired) electrons. The van der Waals surface area contributed by atoms with Gasteiger partial charge in [0, 0.05) is 17.8 Å². The van der Waals surface area contributed by atoms with Crippen molar-refractivity contribution < 1.29 is 20.1 Å². The van der Waals surface area contributed by atoms with Crippen LogP contribution in [0.2, 0.25) is 0 Å². The van der Waals surface area contributed by atoms with Crippen molar-refractivity contribution in [2.75, 3.05) is 0 Å². The van der Waals surface area contributed by atoms with Crippen LogP contribution in [0.4, 0.5) is 0 Å². The Morgan fingerprint density at radius 3 is 2.58 bits per heavy atom. The third-order valence-electron chi connectivity index (χ3n) is 5.82. The van der Waals surface area contributed by atoms with Gasteiger partial charge in [-0.3, -0.25) is 0 Å². The highest BCUT2D eigenvalue weighted by Gasteiger charge is 2.59. The van der Waals surface area contributed by atoms with E-state index in [1.165, 1.54) is 0 Å². The standard InChI is InChI=1S/C15H24O4/c1-7-4-5-10-15(3)9(6-11(16)19-10)8(2)13(17)14(18)12(7)15/h7,10-14,16-18H,4-6H2,1-3H3/t7-,10+,11?,12-,13-,14+,15+/m1/s1. The topological polar surface area (TPSA) is 69.9 Å². The Hall–Kier alpha value is -0.420. The van der Waals surface area contributed by atoms with E-state index in [0.29, 0.717) is 12.3 Å². The highest BCUT2D eigenvalue weighted by Crippen LogP contribution is 2.59. The second-order valence-corrected chi connectivity index (χ2v) is 6.74. The largest absolute Gasteiger partial charge is 0.390 e. The lowest BCUT2D eigenvalue weighted by atomic mass is 9.51. The van der Waals surface area contributed by atoms with Crippen molar-refractivity contribution in [3.63, 3.8) is 0 Å². The summed E-state index contributed by atoms with van der Waals surface area (Å²) in [5.41, 5.74) is 1.68. The number of aliphatic hydroxyl groups is 3. The predicted molar refractivity (Wildman–Crippen MR) is 70.2 cm³/mol. The van der Waals surface area contributed by atoms with Crippen LogP contribution in [-0.4, -0.2) is 39.9 Å². The molecule has 1 heterocycles. The molecule has 3 rings (SSSR count). The first-order valence-corrected chi connectivity index (χ1v) is 7.27. The summed E-state index contributed by atoms with van der Waals surface area (Å²) >= 11 is 0. The first kappa shape index (κ1) is 13.6. The summed E-state index contributed by atoms with van der Waals surface area (Å²) in [5, 5.41) is 30.7. The molecule has 4 nitrogen and oxygen atoms in total. The zero-order valence-corrected chi connectivity index (χ0v) is 11.8. The van der Waals surface area contributed by atoms with Crippen LogP contribution in [0, 0.1) is 17.3 Å². The summed E-state index contributed by atoms with van der Waals surface area (Å²) in [6, 6.07) is 0. The second-order valence-electron chi connectivity index (χ2n) is 6.74. The van der Waals surface area contributed by atoms with Crippen LogP contribution in [0.5, 0.6) is 0 Å². The monoisotopic (exact) mass is 268 g/mol. The molecule has 3 aliphatic rings. The van der Waals surface area contributed by atoms with Crippen LogP contribution in [0.25, 0.3) is 0 Å². The molecule has 19 heavy (non-hydrogen) atoms. The van der Waals surface area contributed by atoms with E-state index in [0.717, 1.165) is 24.0 Å². The molecular formula is C15H24O4. The molecule has 108 valence electrons. The van der Waals surface area contributed by atoms with Crippen molar-refractivity contribution in [3.8, 4) is 0 Å². The summed E-state index contributed by atoms with van der Waals surface area (Å²) in [4.78, 5) is 0. The number of ether oxygens (including phenoxy) is 1. The molecule has 0 bridgehead atoms. The summed E-state index contributed by atoms with van der Waals surface area (Å²) in [6.45, 7) is 6.16. The fourth-order valence-corrected chi connectivity index (χ4v) is 4.84. The van der Waals surface area contributed by atoms with Crippen molar-refractivity contribution in [2.45, 2.75) is 64.6 Å². The van der Waals surface area contributed by atoms with Gasteiger partial charge in [-0.05, 0) is 31.3 Å². The van der Waals surface area contributed by atoms with Gasteiger partial charge in [0.1, 0.15) is 6.10 Å². The molecule has 1 saturated heterocycles. The smallest absolute Gasteiger partial charge is 0.158 e. The maximum absolute atomic E-state index is 10.5. The van der Waals surface area contributed by atoms with Gasteiger partial charge >= 0.3 is 0 Å². The maximum Gasteiger partial charge on any atom is 0.158 e. The first-order chi connectivity index (χ1) is 8.87. The number of hydrogen-bond donors (Lipinski definition) is 3. The average Bonchev–Trinajstić information content (AvgIpc) is 2.35. The van der Waals surface area contributed by atoms with Crippen LogP contribution in [0.15, 0.2) is 11.1 Å². The van der Waals surface area contributed by atoms with E-state index in [9.17, 15) is 15.3 Å². The van der Waals surface area contributed by atoms with E-state index in [1.807, 2.05) is 6.92 Å². The molecule has 0 aromatic rings. The lowest BCUT2D eigenvalue weighted by molar-refractivity contribution is -0.233. The third kappa shape index (κ3) is 1.67. The summed E-state index contributed by atoms with van der Waals surface area (Å²) in [7, 11) is 0. The van der Waals surface area contributed by atoms with Crippen LogP contribution in [0.1, 0.15) is 40.0 Å². The number of aliphatic hydroxyl groups excluding tert-OH is 3. The van der Waals surface area contributed by atoms with Gasteiger partial charge in [-0.2, -0.15) is 0 Å². The van der Waals surface area contributed by atoms with E-state index >= 15 is 0 Å². The van der Waals surface area contributed by atoms with Crippen molar-refractivity contribution in [1.82, 2.24) is 0 Å². The predicted octanol–water partition coefficient (Wildman–Crippen LogP) is 1.20. The van der Waals surface area contributed by atoms with Gasteiger partial charge in [-0.1, -0.05) is 19.4 Å². The molecule has 2 fully saturated rings. The van der Waals surface area contributed by atoms with E-state index in [4.69, 9.17) is 4.74 Å². The molecule has 0 spiro atoms. The average molecular weight is 268 g/mol. The van der Waals surface area contributed by atoms with Gasteiger partial charge in [0.05, 0.1) is 12.2 Å².